The molecule has 1 heterocycles. The first-order valence-corrected chi connectivity index (χ1v) is 8.13. The topological polar surface area (TPSA) is 49.4 Å². The van der Waals surface area contributed by atoms with E-state index in [-0.39, 0.29) is 17.7 Å². The number of nitrogens with zero attached hydrogens (tertiary/aromatic N) is 1. The quantitative estimate of drug-likeness (QED) is 0.868. The lowest BCUT2D eigenvalue weighted by Crippen LogP contribution is -2.70. The molecule has 1 aromatic carbocycles. The van der Waals surface area contributed by atoms with E-state index in [2.05, 4.69) is 21.2 Å². The van der Waals surface area contributed by atoms with Crippen molar-refractivity contribution in [2.45, 2.75) is 38.3 Å². The smallest absolute Gasteiger partial charge is 0.253 e. The average molecular weight is 372 g/mol. The van der Waals surface area contributed by atoms with Crippen LogP contribution in [-0.2, 0) is 9.59 Å². The number of hydrogen-bond acceptors (Lipinski definition) is 2. The summed E-state index contributed by atoms with van der Waals surface area (Å²) in [5, 5.41) is 3.43. The van der Waals surface area contributed by atoms with Gasteiger partial charge < -0.3 is 5.32 Å². The van der Waals surface area contributed by atoms with Gasteiger partial charge in [-0.2, -0.15) is 0 Å². The Labute approximate surface area is 137 Å². The van der Waals surface area contributed by atoms with Gasteiger partial charge in [0.05, 0.1) is 15.2 Å². The Morgan fingerprint density at radius 2 is 2.05 bits per heavy atom. The molecule has 0 spiro atoms. The molecular formula is C15H16BrClN2O2. The maximum atomic E-state index is 13.0. The van der Waals surface area contributed by atoms with Crippen molar-refractivity contribution in [1.82, 2.24) is 5.32 Å². The molecule has 6 heteroatoms. The molecule has 1 aliphatic carbocycles. The predicted octanol–water partition coefficient (Wildman–Crippen LogP) is 3.12. The Bertz CT molecular complexity index is 632. The van der Waals surface area contributed by atoms with Crippen molar-refractivity contribution in [2.24, 2.45) is 5.92 Å². The van der Waals surface area contributed by atoms with Gasteiger partial charge >= 0.3 is 0 Å². The number of nitrogens with one attached hydrogen (secondary N) is 1. The number of carbonyl (C=O) groups excluding carboxylic acids is 2. The molecule has 3 rings (SSSR count). The Morgan fingerprint density at radius 1 is 1.38 bits per heavy atom. The lowest BCUT2D eigenvalue weighted by atomic mass is 9.89. The van der Waals surface area contributed by atoms with E-state index in [4.69, 9.17) is 11.6 Å². The summed E-state index contributed by atoms with van der Waals surface area (Å²) in [5.74, 6) is 0.0258. The van der Waals surface area contributed by atoms with Crippen LogP contribution in [0.1, 0.15) is 26.7 Å². The first kappa shape index (κ1) is 14.9. The zero-order valence-electron chi connectivity index (χ0n) is 11.8. The summed E-state index contributed by atoms with van der Waals surface area (Å²) in [4.78, 5) is 26.9. The number of amides is 2. The Morgan fingerprint density at radius 3 is 2.67 bits per heavy atom. The summed E-state index contributed by atoms with van der Waals surface area (Å²) in [7, 11) is 0. The monoisotopic (exact) mass is 370 g/mol. The van der Waals surface area contributed by atoms with Gasteiger partial charge in [-0.05, 0) is 60.7 Å². The molecule has 1 saturated carbocycles. The minimum absolute atomic E-state index is 0.0694. The van der Waals surface area contributed by atoms with E-state index in [1.807, 2.05) is 6.92 Å². The van der Waals surface area contributed by atoms with E-state index in [1.165, 1.54) is 0 Å². The van der Waals surface area contributed by atoms with Crippen LogP contribution < -0.4 is 10.2 Å². The van der Waals surface area contributed by atoms with Crippen LogP contribution in [0.3, 0.4) is 0 Å². The molecule has 4 nitrogen and oxygen atoms in total. The Balaban J connectivity index is 2.08. The number of carbonyl (C=O) groups is 2. The molecule has 0 radical (unpaired) electrons. The summed E-state index contributed by atoms with van der Waals surface area (Å²) >= 11 is 9.55. The van der Waals surface area contributed by atoms with Crippen molar-refractivity contribution in [3.05, 3.63) is 27.7 Å². The zero-order chi connectivity index (χ0) is 15.4. The lowest BCUT2D eigenvalue weighted by Gasteiger charge is -2.44. The van der Waals surface area contributed by atoms with Crippen LogP contribution in [0.4, 0.5) is 5.69 Å². The van der Waals surface area contributed by atoms with Crippen LogP contribution in [0.25, 0.3) is 0 Å². The molecule has 112 valence electrons. The molecule has 1 saturated heterocycles. The lowest BCUT2D eigenvalue weighted by molar-refractivity contribution is -0.138. The second-order valence-corrected chi connectivity index (χ2v) is 7.09. The molecule has 1 aliphatic heterocycles. The van der Waals surface area contributed by atoms with Crippen molar-refractivity contribution >= 4 is 45.0 Å². The highest BCUT2D eigenvalue weighted by atomic mass is 79.9. The van der Waals surface area contributed by atoms with Gasteiger partial charge in [-0.1, -0.05) is 17.7 Å². The van der Waals surface area contributed by atoms with Crippen molar-refractivity contribution < 1.29 is 9.59 Å². The second kappa shape index (κ2) is 4.99. The van der Waals surface area contributed by atoms with Crippen LogP contribution in [0.15, 0.2) is 22.7 Å². The van der Waals surface area contributed by atoms with Crippen LogP contribution in [0.2, 0.25) is 5.02 Å². The van der Waals surface area contributed by atoms with E-state index in [9.17, 15) is 9.59 Å². The number of rotatable bonds is 2. The van der Waals surface area contributed by atoms with Crippen LogP contribution in [-0.4, -0.2) is 23.4 Å². The fourth-order valence-corrected chi connectivity index (χ4v) is 3.52. The van der Waals surface area contributed by atoms with Crippen molar-refractivity contribution in [1.29, 1.82) is 0 Å². The van der Waals surface area contributed by atoms with E-state index in [0.717, 1.165) is 12.8 Å². The average Bonchev–Trinajstić information content (AvgIpc) is 3.26. The summed E-state index contributed by atoms with van der Waals surface area (Å²) < 4.78 is 0.639. The molecule has 2 atom stereocenters. The number of hydrogen-bond donors (Lipinski definition) is 1. The van der Waals surface area contributed by atoms with Crippen LogP contribution >= 0.6 is 27.5 Å². The highest BCUT2D eigenvalue weighted by molar-refractivity contribution is 9.10. The van der Waals surface area contributed by atoms with Gasteiger partial charge in [0, 0.05) is 0 Å². The van der Waals surface area contributed by atoms with Crippen LogP contribution in [0.5, 0.6) is 0 Å². The maximum Gasteiger partial charge on any atom is 0.253 e. The van der Waals surface area contributed by atoms with E-state index in [1.54, 1.807) is 30.0 Å². The van der Waals surface area contributed by atoms with Gasteiger partial charge in [-0.3, -0.25) is 14.5 Å². The maximum absolute atomic E-state index is 13.0. The predicted molar refractivity (Wildman–Crippen MR) is 85.4 cm³/mol. The molecule has 21 heavy (non-hydrogen) atoms. The highest BCUT2D eigenvalue weighted by Gasteiger charge is 2.55. The first-order valence-electron chi connectivity index (χ1n) is 6.96. The van der Waals surface area contributed by atoms with Crippen molar-refractivity contribution in [2.75, 3.05) is 4.90 Å². The van der Waals surface area contributed by atoms with Gasteiger partial charge in [-0.25, -0.2) is 0 Å². The number of anilines is 1. The first-order chi connectivity index (χ1) is 9.86. The number of halogens is 2. The summed E-state index contributed by atoms with van der Waals surface area (Å²) in [6.07, 6.45) is 1.95. The van der Waals surface area contributed by atoms with E-state index >= 15 is 0 Å². The second-order valence-electron chi connectivity index (χ2n) is 5.89. The third kappa shape index (κ3) is 2.27. The SMILES string of the molecule is CC1C(=O)NC(C)(C2CC2)C(=O)N1c1cccc(Cl)c1Br. The van der Waals surface area contributed by atoms with Gasteiger partial charge in [0.25, 0.3) is 5.91 Å². The molecule has 2 aliphatic rings. The summed E-state index contributed by atoms with van der Waals surface area (Å²) in [6, 6.07) is 4.77. The van der Waals surface area contributed by atoms with Gasteiger partial charge in [0.15, 0.2) is 0 Å². The molecule has 2 fully saturated rings. The van der Waals surface area contributed by atoms with Gasteiger partial charge in [-0.15, -0.1) is 0 Å². The van der Waals surface area contributed by atoms with Crippen LogP contribution in [0, 0.1) is 5.92 Å². The van der Waals surface area contributed by atoms with E-state index < -0.39 is 11.6 Å². The summed E-state index contributed by atoms with van der Waals surface area (Å²) in [5.41, 5.74) is -0.174. The van der Waals surface area contributed by atoms with Gasteiger partial charge in [0.2, 0.25) is 5.91 Å². The van der Waals surface area contributed by atoms with Gasteiger partial charge in [0.1, 0.15) is 11.6 Å². The molecule has 0 bridgehead atoms. The standard InChI is InChI=1S/C15H16BrClN2O2/c1-8-13(20)18-15(2,9-6-7-9)14(21)19(8)11-5-3-4-10(17)12(11)16/h3-5,8-9H,6-7H2,1-2H3,(H,18,20). The molecule has 0 aromatic heterocycles. The third-order valence-electron chi connectivity index (χ3n) is 4.40. The summed E-state index contributed by atoms with van der Waals surface area (Å²) in [6.45, 7) is 3.55. The minimum atomic E-state index is -0.814. The highest BCUT2D eigenvalue weighted by Crippen LogP contribution is 2.44. The molecule has 2 amide bonds. The number of piperazine rings is 1. The van der Waals surface area contributed by atoms with E-state index in [0.29, 0.717) is 15.2 Å². The minimum Gasteiger partial charge on any atom is -0.340 e. The number of benzene rings is 1. The molecule has 1 aromatic rings. The molecule has 2 unspecified atom stereocenters. The molecule has 1 N–H and O–H groups in total. The third-order valence-corrected chi connectivity index (χ3v) is 5.77. The van der Waals surface area contributed by atoms with Crippen molar-refractivity contribution in [3.63, 3.8) is 0 Å². The Kier molecular flexibility index (Phi) is 3.53. The fraction of sp³-hybridized carbons (Fsp3) is 0.467. The normalized spacial score (nSPS) is 29.5. The zero-order valence-corrected chi connectivity index (χ0v) is 14.2. The largest absolute Gasteiger partial charge is 0.340 e. The molecular weight excluding hydrogens is 356 g/mol. The Hall–Kier alpha value is -1.07. The van der Waals surface area contributed by atoms with Crippen molar-refractivity contribution in [3.8, 4) is 0 Å². The fourth-order valence-electron chi connectivity index (χ4n) is 2.89.